The zero-order valence-electron chi connectivity index (χ0n) is 15.8. The van der Waals surface area contributed by atoms with E-state index in [1.165, 1.54) is 37.4 Å². The average molecular weight is 439 g/mol. The van der Waals surface area contributed by atoms with Crippen molar-refractivity contribution in [3.05, 3.63) is 58.6 Å². The van der Waals surface area contributed by atoms with Crippen molar-refractivity contribution in [3.63, 3.8) is 0 Å². The fraction of sp³-hybridized carbons (Fsp3) is 0.350. The van der Waals surface area contributed by atoms with Gasteiger partial charge in [0.1, 0.15) is 23.2 Å². The molecule has 1 saturated carbocycles. The molecule has 1 aromatic heterocycles. The van der Waals surface area contributed by atoms with Gasteiger partial charge in [-0.3, -0.25) is 4.79 Å². The van der Waals surface area contributed by atoms with Crippen LogP contribution >= 0.6 is 11.6 Å². The highest BCUT2D eigenvalue weighted by Gasteiger charge is 2.62. The van der Waals surface area contributed by atoms with Gasteiger partial charge in [-0.2, -0.15) is 0 Å². The first-order chi connectivity index (χ1) is 14.1. The summed E-state index contributed by atoms with van der Waals surface area (Å²) in [5.74, 6) is -5.80. The Bertz CT molecular complexity index is 1030. The molecule has 3 N–H and O–H groups in total. The number of benzene rings is 1. The molecule has 0 spiro atoms. The monoisotopic (exact) mass is 438 g/mol. The first-order valence-corrected chi connectivity index (χ1v) is 9.61. The lowest BCUT2D eigenvalue weighted by molar-refractivity contribution is -0.0961. The summed E-state index contributed by atoms with van der Waals surface area (Å²) in [6.07, 6.45) is 0.124. The minimum Gasteiger partial charge on any atom is -0.461 e. The highest BCUT2D eigenvalue weighted by atomic mass is 35.5. The van der Waals surface area contributed by atoms with Crippen LogP contribution in [0.15, 0.2) is 41.5 Å². The van der Waals surface area contributed by atoms with Gasteiger partial charge in [0.25, 0.3) is 17.9 Å². The Balaban J connectivity index is 1.71. The van der Waals surface area contributed by atoms with Crippen molar-refractivity contribution in [2.45, 2.75) is 37.3 Å². The number of nitrogens with one attached hydrogen (secondary N) is 1. The molecular formula is C20H18ClF3N4O2. The van der Waals surface area contributed by atoms with Gasteiger partial charge in [-0.1, -0.05) is 11.6 Å². The van der Waals surface area contributed by atoms with Crippen molar-refractivity contribution in [2.24, 2.45) is 16.6 Å². The van der Waals surface area contributed by atoms with Gasteiger partial charge in [-0.05, 0) is 43.7 Å². The van der Waals surface area contributed by atoms with Crippen LogP contribution in [0.2, 0.25) is 5.02 Å². The molecule has 0 unspecified atom stereocenters. The molecule has 10 heteroatoms. The Hall–Kier alpha value is -2.81. The number of carbonyl (C=O) groups excluding carboxylic acids is 1. The number of rotatable bonds is 3. The van der Waals surface area contributed by atoms with Crippen LogP contribution in [0.25, 0.3) is 0 Å². The van der Waals surface area contributed by atoms with Gasteiger partial charge in [0.15, 0.2) is 0 Å². The molecule has 6 nitrogen and oxygen atoms in total. The maximum absolute atomic E-state index is 14.8. The second kappa shape index (κ2) is 7.16. The first-order valence-electron chi connectivity index (χ1n) is 9.23. The number of pyridine rings is 1. The summed E-state index contributed by atoms with van der Waals surface area (Å²) in [6.45, 7) is 1.41. The number of aliphatic imine (C=N–C) groups is 1. The number of anilines is 1. The molecule has 2 aliphatic rings. The van der Waals surface area contributed by atoms with E-state index in [-0.39, 0.29) is 29.4 Å². The van der Waals surface area contributed by atoms with Crippen molar-refractivity contribution in [1.82, 2.24) is 4.98 Å². The third-order valence-corrected chi connectivity index (χ3v) is 5.76. The van der Waals surface area contributed by atoms with E-state index in [0.29, 0.717) is 5.02 Å². The maximum atomic E-state index is 14.8. The third-order valence-electron chi connectivity index (χ3n) is 5.54. The van der Waals surface area contributed by atoms with Gasteiger partial charge in [0, 0.05) is 23.9 Å². The maximum Gasteiger partial charge on any atom is 0.283 e. The van der Waals surface area contributed by atoms with Crippen LogP contribution in [0.1, 0.15) is 35.8 Å². The number of ether oxygens (including phenoxy) is 1. The molecular weight excluding hydrogens is 421 g/mol. The molecule has 0 radical (unpaired) electrons. The normalized spacial score (nSPS) is 27.0. The molecule has 4 rings (SSSR count). The van der Waals surface area contributed by atoms with Gasteiger partial charge in [0.05, 0.1) is 10.9 Å². The lowest BCUT2D eigenvalue weighted by Gasteiger charge is -2.41. The fourth-order valence-corrected chi connectivity index (χ4v) is 4.34. The van der Waals surface area contributed by atoms with Crippen LogP contribution in [0.4, 0.5) is 18.9 Å². The molecule has 1 aliphatic heterocycles. The summed E-state index contributed by atoms with van der Waals surface area (Å²) >= 11 is 5.77. The second-order valence-electron chi connectivity index (χ2n) is 7.54. The van der Waals surface area contributed by atoms with Gasteiger partial charge >= 0.3 is 0 Å². The molecule has 1 fully saturated rings. The van der Waals surface area contributed by atoms with E-state index in [0.717, 1.165) is 6.07 Å². The molecule has 3 atom stereocenters. The number of hydrogen-bond donors (Lipinski definition) is 2. The summed E-state index contributed by atoms with van der Waals surface area (Å²) < 4.78 is 49.5. The summed E-state index contributed by atoms with van der Waals surface area (Å²) in [4.78, 5) is 20.4. The zero-order valence-corrected chi connectivity index (χ0v) is 16.6. The van der Waals surface area contributed by atoms with Gasteiger partial charge < -0.3 is 15.8 Å². The number of halogens is 4. The summed E-state index contributed by atoms with van der Waals surface area (Å²) in [5, 5.41) is 2.95. The SMILES string of the molecule is C[C@]1(c2cc(NC(=O)c3ccc(Cl)cn3)ccc2F)N=C(N)O[C@@H]2CCC(F)(F)[C@@H]21. The van der Waals surface area contributed by atoms with Crippen molar-refractivity contribution >= 4 is 29.2 Å². The molecule has 0 bridgehead atoms. The molecule has 158 valence electrons. The Labute approximate surface area is 175 Å². The van der Waals surface area contributed by atoms with E-state index < -0.39 is 41.6 Å². The number of fused-ring (bicyclic) bond motifs is 1. The lowest BCUT2D eigenvalue weighted by Crippen LogP contribution is -2.51. The highest BCUT2D eigenvalue weighted by Crippen LogP contribution is 2.54. The predicted octanol–water partition coefficient (Wildman–Crippen LogP) is 4.10. The van der Waals surface area contributed by atoms with Gasteiger partial charge in [-0.25, -0.2) is 23.1 Å². The van der Waals surface area contributed by atoms with Crippen LogP contribution in [-0.4, -0.2) is 28.9 Å². The summed E-state index contributed by atoms with van der Waals surface area (Å²) in [7, 11) is 0. The van der Waals surface area contributed by atoms with E-state index >= 15 is 0 Å². The molecule has 1 amide bonds. The largest absolute Gasteiger partial charge is 0.461 e. The van der Waals surface area contributed by atoms with E-state index in [9.17, 15) is 18.0 Å². The van der Waals surface area contributed by atoms with E-state index in [4.69, 9.17) is 22.1 Å². The Morgan fingerprint density at radius 1 is 1.33 bits per heavy atom. The molecule has 2 aromatic rings. The van der Waals surface area contributed by atoms with Crippen molar-refractivity contribution in [1.29, 1.82) is 0 Å². The van der Waals surface area contributed by atoms with E-state index in [1.54, 1.807) is 0 Å². The van der Waals surface area contributed by atoms with Crippen LogP contribution < -0.4 is 11.1 Å². The van der Waals surface area contributed by atoms with Crippen LogP contribution in [0, 0.1) is 11.7 Å². The van der Waals surface area contributed by atoms with Crippen LogP contribution in [0.3, 0.4) is 0 Å². The average Bonchev–Trinajstić information content (AvgIpc) is 2.98. The first kappa shape index (κ1) is 20.5. The third kappa shape index (κ3) is 3.47. The number of amides is 1. The second-order valence-corrected chi connectivity index (χ2v) is 7.98. The van der Waals surface area contributed by atoms with Crippen molar-refractivity contribution in [3.8, 4) is 0 Å². The predicted molar refractivity (Wildman–Crippen MR) is 105 cm³/mol. The van der Waals surface area contributed by atoms with Gasteiger partial charge in [0.2, 0.25) is 0 Å². The Morgan fingerprint density at radius 2 is 2.10 bits per heavy atom. The minimum absolute atomic E-state index is 0.0871. The number of aromatic nitrogens is 1. The Kier molecular flexibility index (Phi) is 4.88. The lowest BCUT2D eigenvalue weighted by atomic mass is 9.75. The zero-order chi connectivity index (χ0) is 21.7. The topological polar surface area (TPSA) is 89.6 Å². The minimum atomic E-state index is -3.11. The van der Waals surface area contributed by atoms with E-state index in [2.05, 4.69) is 15.3 Å². The molecule has 2 heterocycles. The number of nitrogens with two attached hydrogens (primary N) is 1. The smallest absolute Gasteiger partial charge is 0.283 e. The fourth-order valence-electron chi connectivity index (χ4n) is 4.23. The molecule has 1 aromatic carbocycles. The number of amidine groups is 1. The van der Waals surface area contributed by atoms with Crippen molar-refractivity contribution < 1.29 is 22.7 Å². The quantitative estimate of drug-likeness (QED) is 0.755. The standard InChI is InChI=1S/C20H18ClF3N4O2/c1-19(16-15(30-18(25)28-19)6-7-20(16,23)24)12-8-11(3-4-13(12)22)27-17(29)14-5-2-10(21)9-26-14/h2-5,8-9,15-16H,6-7H2,1H3,(H2,25,28)(H,27,29)/t15-,16+,19-/m1/s1. The number of alkyl halides is 2. The summed E-state index contributed by atoms with van der Waals surface area (Å²) in [5.41, 5.74) is 4.24. The number of carbonyl (C=O) groups is 1. The molecule has 30 heavy (non-hydrogen) atoms. The summed E-state index contributed by atoms with van der Waals surface area (Å²) in [6, 6.07) is 6.37. The Morgan fingerprint density at radius 3 is 2.80 bits per heavy atom. The van der Waals surface area contributed by atoms with E-state index in [1.807, 2.05) is 0 Å². The molecule has 0 saturated heterocycles. The van der Waals surface area contributed by atoms with Crippen LogP contribution in [-0.2, 0) is 10.3 Å². The van der Waals surface area contributed by atoms with Crippen molar-refractivity contribution in [2.75, 3.05) is 5.32 Å². The van der Waals surface area contributed by atoms with Crippen LogP contribution in [0.5, 0.6) is 0 Å². The van der Waals surface area contributed by atoms with Gasteiger partial charge in [-0.15, -0.1) is 0 Å². The highest BCUT2D eigenvalue weighted by molar-refractivity contribution is 6.30. The number of hydrogen-bond acceptors (Lipinski definition) is 5. The molecule has 1 aliphatic carbocycles. The number of nitrogens with zero attached hydrogens (tertiary/aromatic N) is 2.